The molecule has 3 rings (SSSR count). The molecule has 3 heterocycles. The van der Waals surface area contributed by atoms with Crippen LogP contribution in [0.4, 0.5) is 19.1 Å². The van der Waals surface area contributed by atoms with E-state index in [2.05, 4.69) is 15.0 Å². The number of methoxy groups -OCH3 is 1. The summed E-state index contributed by atoms with van der Waals surface area (Å²) >= 11 is 1.07. The second kappa shape index (κ2) is 6.54. The highest BCUT2D eigenvalue weighted by atomic mass is 32.1. The van der Waals surface area contributed by atoms with E-state index in [9.17, 15) is 13.2 Å². The lowest BCUT2D eigenvalue weighted by molar-refractivity contribution is -0.140. The predicted octanol–water partition coefficient (Wildman–Crippen LogP) is 3.65. The molecule has 130 valence electrons. The van der Waals surface area contributed by atoms with E-state index >= 15 is 0 Å². The Bertz CT molecular complexity index is 719. The van der Waals surface area contributed by atoms with Crippen molar-refractivity contribution in [2.45, 2.75) is 31.9 Å². The second-order valence-electron chi connectivity index (χ2n) is 5.71. The van der Waals surface area contributed by atoms with Crippen LogP contribution in [0.1, 0.15) is 35.2 Å². The molecule has 1 aliphatic rings. The van der Waals surface area contributed by atoms with Crippen molar-refractivity contribution in [2.75, 3.05) is 25.1 Å². The van der Waals surface area contributed by atoms with Gasteiger partial charge in [-0.05, 0) is 19.8 Å². The number of rotatable bonds is 3. The maximum Gasteiger partial charge on any atom is 0.434 e. The average molecular weight is 358 g/mol. The molecule has 2 aromatic heterocycles. The first-order chi connectivity index (χ1) is 11.4. The minimum absolute atomic E-state index is 0.0463. The maximum atomic E-state index is 12.7. The van der Waals surface area contributed by atoms with Crippen LogP contribution >= 0.6 is 11.3 Å². The number of piperidine rings is 1. The molecule has 0 amide bonds. The Morgan fingerprint density at radius 1 is 1.29 bits per heavy atom. The van der Waals surface area contributed by atoms with Gasteiger partial charge in [0.2, 0.25) is 11.8 Å². The van der Waals surface area contributed by atoms with Crippen LogP contribution in [0.25, 0.3) is 0 Å². The number of aryl methyl sites for hydroxylation is 1. The Morgan fingerprint density at radius 3 is 2.75 bits per heavy atom. The van der Waals surface area contributed by atoms with Crippen LogP contribution in [0.3, 0.4) is 0 Å². The average Bonchev–Trinajstić information content (AvgIpc) is 3.04. The Balaban J connectivity index is 1.79. The maximum absolute atomic E-state index is 12.7. The lowest BCUT2D eigenvalue weighted by Crippen LogP contribution is -2.35. The molecule has 0 radical (unpaired) electrons. The zero-order valence-electron chi connectivity index (χ0n) is 13.3. The summed E-state index contributed by atoms with van der Waals surface area (Å²) in [7, 11) is 1.54. The topological polar surface area (TPSA) is 51.1 Å². The van der Waals surface area contributed by atoms with Gasteiger partial charge in [0.05, 0.1) is 12.1 Å². The highest BCUT2D eigenvalue weighted by Crippen LogP contribution is 2.35. The molecule has 2 aromatic rings. The third kappa shape index (κ3) is 3.61. The Hall–Kier alpha value is -1.90. The van der Waals surface area contributed by atoms with Gasteiger partial charge in [-0.25, -0.2) is 9.97 Å². The summed E-state index contributed by atoms with van der Waals surface area (Å²) in [6.45, 7) is 3.17. The SMILES string of the molecule is COc1cc(C)nc(N2CCCC(c3nc(C(F)(F)F)cs3)C2)n1. The first kappa shape index (κ1) is 16.9. The normalized spacial score (nSPS) is 18.7. The molecule has 1 fully saturated rings. The molecule has 9 heteroatoms. The standard InChI is InChI=1S/C15H17F3N4OS/c1-9-6-12(23-2)21-14(19-9)22-5-3-4-10(7-22)13-20-11(8-24-13)15(16,17)18/h6,8,10H,3-5,7H2,1-2H3. The molecule has 0 aromatic carbocycles. The van der Waals surface area contributed by atoms with Crippen molar-refractivity contribution in [2.24, 2.45) is 0 Å². The van der Waals surface area contributed by atoms with Crippen LogP contribution in [0.2, 0.25) is 0 Å². The number of thiazole rings is 1. The van der Waals surface area contributed by atoms with Crippen LogP contribution < -0.4 is 9.64 Å². The van der Waals surface area contributed by atoms with Crippen molar-refractivity contribution in [3.05, 3.63) is 27.8 Å². The zero-order valence-corrected chi connectivity index (χ0v) is 14.1. The minimum Gasteiger partial charge on any atom is -0.481 e. The van der Waals surface area contributed by atoms with E-state index in [0.29, 0.717) is 23.4 Å². The first-order valence-corrected chi connectivity index (χ1v) is 8.42. The van der Waals surface area contributed by atoms with E-state index in [0.717, 1.165) is 41.8 Å². The van der Waals surface area contributed by atoms with E-state index in [1.54, 1.807) is 13.2 Å². The van der Waals surface area contributed by atoms with Gasteiger partial charge in [0.15, 0.2) is 5.69 Å². The van der Waals surface area contributed by atoms with Gasteiger partial charge in [-0.2, -0.15) is 18.2 Å². The summed E-state index contributed by atoms with van der Waals surface area (Å²) in [4.78, 5) is 14.5. The summed E-state index contributed by atoms with van der Waals surface area (Å²) in [5.74, 6) is 0.979. The summed E-state index contributed by atoms with van der Waals surface area (Å²) in [5.41, 5.74) is -0.0271. The number of hydrogen-bond donors (Lipinski definition) is 0. The fraction of sp³-hybridized carbons (Fsp3) is 0.533. The van der Waals surface area contributed by atoms with Gasteiger partial charge in [0, 0.05) is 36.1 Å². The highest BCUT2D eigenvalue weighted by molar-refractivity contribution is 7.09. The van der Waals surface area contributed by atoms with Crippen LogP contribution in [0, 0.1) is 6.92 Å². The van der Waals surface area contributed by atoms with Gasteiger partial charge in [-0.3, -0.25) is 0 Å². The molecule has 0 bridgehead atoms. The van der Waals surface area contributed by atoms with E-state index in [1.807, 2.05) is 11.8 Å². The van der Waals surface area contributed by atoms with Crippen LogP contribution in [-0.4, -0.2) is 35.2 Å². The quantitative estimate of drug-likeness (QED) is 0.838. The van der Waals surface area contributed by atoms with E-state index in [-0.39, 0.29) is 5.92 Å². The third-order valence-electron chi connectivity index (χ3n) is 3.89. The first-order valence-electron chi connectivity index (χ1n) is 7.54. The van der Waals surface area contributed by atoms with Gasteiger partial charge in [0.25, 0.3) is 0 Å². The van der Waals surface area contributed by atoms with Crippen LogP contribution in [-0.2, 0) is 6.18 Å². The Morgan fingerprint density at radius 2 is 2.08 bits per heavy atom. The lowest BCUT2D eigenvalue weighted by Gasteiger charge is -2.32. The summed E-state index contributed by atoms with van der Waals surface area (Å²) in [5, 5.41) is 1.60. The zero-order chi connectivity index (χ0) is 17.3. The van der Waals surface area contributed by atoms with Crippen molar-refractivity contribution in [1.29, 1.82) is 0 Å². The highest BCUT2D eigenvalue weighted by Gasteiger charge is 2.35. The molecule has 5 nitrogen and oxygen atoms in total. The molecule has 24 heavy (non-hydrogen) atoms. The molecule has 1 atom stereocenters. The van der Waals surface area contributed by atoms with Gasteiger partial charge < -0.3 is 9.64 Å². The molecule has 0 saturated carbocycles. The fourth-order valence-corrected chi connectivity index (χ4v) is 3.69. The fourth-order valence-electron chi connectivity index (χ4n) is 2.74. The summed E-state index contributed by atoms with van der Waals surface area (Å²) in [6, 6.07) is 1.74. The number of halogens is 3. The molecule has 1 unspecified atom stereocenters. The van der Waals surface area contributed by atoms with E-state index in [4.69, 9.17) is 4.74 Å². The van der Waals surface area contributed by atoms with E-state index < -0.39 is 11.9 Å². The Labute approximate surface area is 141 Å². The molecule has 0 aliphatic carbocycles. The molecule has 1 aliphatic heterocycles. The van der Waals surface area contributed by atoms with Gasteiger partial charge in [-0.1, -0.05) is 0 Å². The molecule has 1 saturated heterocycles. The second-order valence-corrected chi connectivity index (χ2v) is 6.60. The number of alkyl halides is 3. The van der Waals surface area contributed by atoms with Crippen molar-refractivity contribution in [3.8, 4) is 5.88 Å². The minimum atomic E-state index is -4.39. The monoisotopic (exact) mass is 358 g/mol. The van der Waals surface area contributed by atoms with Gasteiger partial charge in [0.1, 0.15) is 0 Å². The van der Waals surface area contributed by atoms with Crippen molar-refractivity contribution >= 4 is 17.3 Å². The van der Waals surface area contributed by atoms with E-state index in [1.165, 1.54) is 0 Å². The third-order valence-corrected chi connectivity index (χ3v) is 4.90. The summed E-state index contributed by atoms with van der Waals surface area (Å²) in [6.07, 6.45) is -2.73. The lowest BCUT2D eigenvalue weighted by atomic mass is 9.99. The molecular weight excluding hydrogens is 341 g/mol. The van der Waals surface area contributed by atoms with Crippen LogP contribution in [0.5, 0.6) is 5.88 Å². The number of ether oxygens (including phenoxy) is 1. The van der Waals surface area contributed by atoms with Crippen molar-refractivity contribution < 1.29 is 17.9 Å². The summed E-state index contributed by atoms with van der Waals surface area (Å²) < 4.78 is 43.4. The Kier molecular flexibility index (Phi) is 4.62. The number of anilines is 1. The smallest absolute Gasteiger partial charge is 0.434 e. The largest absolute Gasteiger partial charge is 0.481 e. The molecular formula is C15H17F3N4OS. The number of hydrogen-bond acceptors (Lipinski definition) is 6. The van der Waals surface area contributed by atoms with Gasteiger partial charge >= 0.3 is 6.18 Å². The number of nitrogens with zero attached hydrogens (tertiary/aromatic N) is 4. The number of aromatic nitrogens is 3. The van der Waals surface area contributed by atoms with Crippen molar-refractivity contribution in [3.63, 3.8) is 0 Å². The van der Waals surface area contributed by atoms with Crippen molar-refractivity contribution in [1.82, 2.24) is 15.0 Å². The molecule has 0 N–H and O–H groups in total. The molecule has 0 spiro atoms. The van der Waals surface area contributed by atoms with Crippen LogP contribution in [0.15, 0.2) is 11.4 Å². The van der Waals surface area contributed by atoms with Gasteiger partial charge in [-0.15, -0.1) is 11.3 Å². The predicted molar refractivity (Wildman–Crippen MR) is 84.6 cm³/mol.